The molecular weight excluding hydrogens is 309 g/mol. The largest absolute Gasteiger partial charge is 0.464 e. The Hall–Kier alpha value is -1.85. The first kappa shape index (κ1) is 18.2. The minimum absolute atomic E-state index is 0.147. The molecule has 0 aliphatic heterocycles. The molecule has 7 nitrogen and oxygen atoms in total. The number of hydroxylamine groups is 2. The summed E-state index contributed by atoms with van der Waals surface area (Å²) in [6.45, 7) is 3.65. The highest BCUT2D eigenvalue weighted by Crippen LogP contribution is 2.28. The Labute approximate surface area is 130 Å². The van der Waals surface area contributed by atoms with Crippen LogP contribution in [0.5, 0.6) is 5.75 Å². The summed E-state index contributed by atoms with van der Waals surface area (Å²) in [6.07, 6.45) is 0.180. The molecule has 0 heterocycles. The molecule has 0 saturated carbocycles. The van der Waals surface area contributed by atoms with E-state index in [1.165, 1.54) is 0 Å². The van der Waals surface area contributed by atoms with Crippen LogP contribution >= 0.6 is 8.03 Å². The van der Waals surface area contributed by atoms with Crippen molar-refractivity contribution in [2.24, 2.45) is 0 Å². The van der Waals surface area contributed by atoms with Crippen molar-refractivity contribution in [2.75, 3.05) is 19.4 Å². The highest BCUT2D eigenvalue weighted by atomic mass is 31.1. The molecule has 0 aliphatic rings. The van der Waals surface area contributed by atoms with E-state index in [0.29, 0.717) is 12.2 Å². The number of para-hydroxylation sites is 1. The van der Waals surface area contributed by atoms with Crippen molar-refractivity contribution >= 4 is 20.4 Å². The summed E-state index contributed by atoms with van der Waals surface area (Å²) in [6, 6.07) is 7.49. The van der Waals surface area contributed by atoms with Crippen LogP contribution < -0.4 is 4.52 Å². The average Bonchev–Trinajstić information content (AvgIpc) is 2.52. The maximum absolute atomic E-state index is 12.1. The molecule has 0 N–H and O–H groups in total. The zero-order valence-electron chi connectivity index (χ0n) is 12.6. The van der Waals surface area contributed by atoms with E-state index < -0.39 is 20.0 Å². The molecule has 0 aliphatic carbocycles. The second-order valence-electron chi connectivity index (χ2n) is 4.14. The number of amides is 1. The summed E-state index contributed by atoms with van der Waals surface area (Å²) in [5.74, 6) is -0.249. The van der Waals surface area contributed by atoms with Gasteiger partial charge in [-0.3, -0.25) is 14.2 Å². The lowest BCUT2D eigenvalue weighted by atomic mass is 10.3. The van der Waals surface area contributed by atoms with E-state index in [2.05, 4.69) is 0 Å². The third-order valence-electron chi connectivity index (χ3n) is 2.58. The van der Waals surface area contributed by atoms with Crippen LogP contribution in [0.15, 0.2) is 30.3 Å². The molecule has 0 saturated heterocycles. The van der Waals surface area contributed by atoms with Gasteiger partial charge in [-0.15, -0.1) is 0 Å². The molecule has 22 heavy (non-hydrogen) atoms. The number of nitrogens with zero attached hydrogens (tertiary/aromatic N) is 1. The smallest absolute Gasteiger partial charge is 0.332 e. The zero-order valence-corrected chi connectivity index (χ0v) is 13.6. The second kappa shape index (κ2) is 9.97. The predicted octanol–water partition coefficient (Wildman–Crippen LogP) is 1.88. The zero-order chi connectivity index (χ0) is 16.4. The number of hydrogen-bond acceptors (Lipinski definition) is 6. The maximum Gasteiger partial charge on any atom is 0.332 e. The van der Waals surface area contributed by atoms with Crippen molar-refractivity contribution in [2.45, 2.75) is 19.9 Å². The van der Waals surface area contributed by atoms with Gasteiger partial charge in [0.2, 0.25) is 14.4 Å². The molecule has 8 heteroatoms. The van der Waals surface area contributed by atoms with E-state index in [9.17, 15) is 14.2 Å². The normalized spacial score (nSPS) is 13.0. The van der Waals surface area contributed by atoms with Crippen LogP contribution in [-0.2, 0) is 23.7 Å². The van der Waals surface area contributed by atoms with Gasteiger partial charge in [-0.05, 0) is 26.0 Å². The van der Waals surface area contributed by atoms with Crippen molar-refractivity contribution < 1.29 is 28.3 Å². The third-order valence-corrected chi connectivity index (χ3v) is 3.77. The van der Waals surface area contributed by atoms with Crippen molar-refractivity contribution in [3.8, 4) is 5.75 Å². The molecule has 122 valence electrons. The SMILES string of the molecule is CCOC(=O)C(C[PH](=O)Oc1ccccc1)N(C=O)OCC. The Bertz CT molecular complexity index is 495. The second-order valence-corrected chi connectivity index (χ2v) is 5.50. The summed E-state index contributed by atoms with van der Waals surface area (Å²) < 4.78 is 22.3. The van der Waals surface area contributed by atoms with Crippen molar-refractivity contribution in [1.82, 2.24) is 5.06 Å². The van der Waals surface area contributed by atoms with Crippen LogP contribution in [-0.4, -0.2) is 42.9 Å². The van der Waals surface area contributed by atoms with Gasteiger partial charge < -0.3 is 9.26 Å². The molecular formula is C14H20NO6P. The lowest BCUT2D eigenvalue weighted by molar-refractivity contribution is -0.193. The van der Waals surface area contributed by atoms with E-state index in [1.54, 1.807) is 44.2 Å². The number of benzene rings is 1. The van der Waals surface area contributed by atoms with Crippen LogP contribution in [0, 0.1) is 0 Å². The van der Waals surface area contributed by atoms with Crippen molar-refractivity contribution in [3.63, 3.8) is 0 Å². The van der Waals surface area contributed by atoms with E-state index >= 15 is 0 Å². The predicted molar refractivity (Wildman–Crippen MR) is 80.9 cm³/mol. The molecule has 0 radical (unpaired) electrons. The summed E-state index contributed by atoms with van der Waals surface area (Å²) in [7, 11) is -2.61. The Morgan fingerprint density at radius 1 is 1.27 bits per heavy atom. The molecule has 0 fully saturated rings. The Morgan fingerprint density at radius 3 is 2.50 bits per heavy atom. The summed E-state index contributed by atoms with van der Waals surface area (Å²) in [5, 5.41) is 0.814. The fourth-order valence-corrected chi connectivity index (χ4v) is 2.82. The molecule has 0 bridgehead atoms. The first-order valence-electron chi connectivity index (χ1n) is 6.91. The van der Waals surface area contributed by atoms with Gasteiger partial charge in [-0.1, -0.05) is 18.2 Å². The van der Waals surface area contributed by atoms with Gasteiger partial charge in [0.15, 0.2) is 6.04 Å². The standard InChI is InChI=1S/C14H20NO6P/c1-3-19-14(17)13(15(11-16)20-4-2)10-22(18)21-12-8-6-5-7-9-12/h5-9,11,13,22H,3-4,10H2,1-2H3. The first-order chi connectivity index (χ1) is 10.6. The molecule has 0 spiro atoms. The van der Waals surface area contributed by atoms with Gasteiger partial charge in [-0.25, -0.2) is 9.86 Å². The first-order valence-corrected chi connectivity index (χ1v) is 8.43. The molecule has 2 unspecified atom stereocenters. The Balaban J connectivity index is 2.76. The monoisotopic (exact) mass is 329 g/mol. The van der Waals surface area contributed by atoms with Crippen LogP contribution in [0.1, 0.15) is 13.8 Å². The quantitative estimate of drug-likeness (QED) is 0.282. The number of ether oxygens (including phenoxy) is 1. The van der Waals surface area contributed by atoms with E-state index in [1.807, 2.05) is 0 Å². The lowest BCUT2D eigenvalue weighted by Crippen LogP contribution is -2.43. The molecule has 1 rings (SSSR count). The summed E-state index contributed by atoms with van der Waals surface area (Å²) in [4.78, 5) is 28.0. The van der Waals surface area contributed by atoms with Gasteiger partial charge in [0, 0.05) is 0 Å². The van der Waals surface area contributed by atoms with E-state index in [0.717, 1.165) is 5.06 Å². The van der Waals surface area contributed by atoms with Gasteiger partial charge in [0.05, 0.1) is 19.4 Å². The highest BCUT2D eigenvalue weighted by molar-refractivity contribution is 7.39. The van der Waals surface area contributed by atoms with E-state index in [4.69, 9.17) is 14.1 Å². The lowest BCUT2D eigenvalue weighted by Gasteiger charge is -2.24. The minimum atomic E-state index is -2.61. The number of carbonyl (C=O) groups is 2. The van der Waals surface area contributed by atoms with Crippen LogP contribution in [0.3, 0.4) is 0 Å². The van der Waals surface area contributed by atoms with Crippen LogP contribution in [0.2, 0.25) is 0 Å². The molecule has 1 amide bonds. The third kappa shape index (κ3) is 5.87. The maximum atomic E-state index is 12.1. The summed E-state index contributed by atoms with van der Waals surface area (Å²) >= 11 is 0. The van der Waals surface area contributed by atoms with Crippen LogP contribution in [0.25, 0.3) is 0 Å². The molecule has 0 aromatic heterocycles. The fraction of sp³-hybridized carbons (Fsp3) is 0.429. The van der Waals surface area contributed by atoms with Crippen LogP contribution in [0.4, 0.5) is 0 Å². The number of esters is 1. The van der Waals surface area contributed by atoms with Gasteiger partial charge in [0.1, 0.15) is 5.75 Å². The topological polar surface area (TPSA) is 82.1 Å². The van der Waals surface area contributed by atoms with Gasteiger partial charge in [0.25, 0.3) is 0 Å². The Kier molecular flexibility index (Phi) is 8.25. The minimum Gasteiger partial charge on any atom is -0.464 e. The van der Waals surface area contributed by atoms with E-state index in [-0.39, 0.29) is 19.4 Å². The molecule has 2 atom stereocenters. The fourth-order valence-electron chi connectivity index (χ4n) is 1.68. The Morgan fingerprint density at radius 2 is 1.95 bits per heavy atom. The number of hydrogen-bond donors (Lipinski definition) is 0. The van der Waals surface area contributed by atoms with Crippen molar-refractivity contribution in [3.05, 3.63) is 30.3 Å². The highest BCUT2D eigenvalue weighted by Gasteiger charge is 2.30. The van der Waals surface area contributed by atoms with Gasteiger partial charge in [-0.2, -0.15) is 0 Å². The summed E-state index contributed by atoms with van der Waals surface area (Å²) in [5.41, 5.74) is 0. The number of rotatable bonds is 10. The molecule has 1 aromatic carbocycles. The van der Waals surface area contributed by atoms with Crippen molar-refractivity contribution in [1.29, 1.82) is 0 Å². The average molecular weight is 329 g/mol. The van der Waals surface area contributed by atoms with Gasteiger partial charge >= 0.3 is 5.97 Å². The molecule has 1 aromatic rings. The number of carbonyl (C=O) groups excluding carboxylic acids is 2.